The highest BCUT2D eigenvalue weighted by atomic mass is 31.2. The second-order valence-electron chi connectivity index (χ2n) is 22.5. The van der Waals surface area contributed by atoms with Crippen LogP contribution in [-0.4, -0.2) is 137 Å². The van der Waals surface area contributed by atoms with Crippen molar-refractivity contribution in [3.8, 4) is 5.75 Å². The van der Waals surface area contributed by atoms with Gasteiger partial charge in [-0.25, -0.2) is 9.36 Å². The second-order valence-corrected chi connectivity index (χ2v) is 23.6. The molecule has 0 radical (unpaired) electrons. The van der Waals surface area contributed by atoms with E-state index in [1.165, 1.54) is 11.6 Å². The number of amides is 1. The number of unbranched alkanes of at least 4 members (excludes halogenated alkanes) is 4. The number of nitrogens with zero attached hydrogens (tertiary/aromatic N) is 2. The average molecular weight is 1040 g/mol. The third-order valence-corrected chi connectivity index (χ3v) is 17.9. The van der Waals surface area contributed by atoms with Crippen LogP contribution >= 0.6 is 7.82 Å². The predicted molar refractivity (Wildman–Crippen MR) is 274 cm³/mol. The number of allylic oxidation sites excluding steroid dienone is 4. The largest absolute Gasteiger partial charge is 0.524 e. The lowest BCUT2D eigenvalue weighted by atomic mass is 9.46. The zero-order valence-electron chi connectivity index (χ0n) is 43.5. The first-order chi connectivity index (χ1) is 34.9. The summed E-state index contributed by atoms with van der Waals surface area (Å²) in [4.78, 5) is 62.1. The van der Waals surface area contributed by atoms with Gasteiger partial charge in [0, 0.05) is 42.1 Å². The molecule has 6 aliphatic rings. The summed E-state index contributed by atoms with van der Waals surface area (Å²) < 4.78 is 42.6. The molecular weight excluding hydrogens is 954 g/mol. The van der Waals surface area contributed by atoms with E-state index < -0.39 is 61.6 Å². The Balaban J connectivity index is 0.813. The van der Waals surface area contributed by atoms with Crippen molar-refractivity contribution in [1.82, 2.24) is 10.2 Å². The number of nitrogens with one attached hydrogen (secondary N) is 1. The van der Waals surface area contributed by atoms with E-state index in [2.05, 4.69) is 36.5 Å². The number of phosphoric ester groups is 1. The molecule has 17 heteroatoms. The lowest BCUT2D eigenvalue weighted by molar-refractivity contribution is -0.926. The number of quaternary nitrogens is 1. The first-order valence-electron chi connectivity index (χ1n) is 27.0. The number of ether oxygens (including phenoxy) is 4. The molecule has 0 aromatic heterocycles. The van der Waals surface area contributed by atoms with Crippen LogP contribution in [0.15, 0.2) is 72.3 Å². The molecule has 10 atom stereocenters. The van der Waals surface area contributed by atoms with E-state index in [1.54, 1.807) is 29.2 Å². The van der Waals surface area contributed by atoms with Gasteiger partial charge in [-0.05, 0) is 118 Å². The van der Waals surface area contributed by atoms with Gasteiger partial charge in [-0.1, -0.05) is 88.1 Å². The average Bonchev–Trinajstić information content (AvgIpc) is 3.84. The molecular formula is C56H81N3O13P+. The van der Waals surface area contributed by atoms with Crippen molar-refractivity contribution in [2.75, 3.05) is 66.1 Å². The van der Waals surface area contributed by atoms with Gasteiger partial charge in [0.25, 0.3) is 0 Å². The van der Waals surface area contributed by atoms with Crippen molar-refractivity contribution in [2.24, 2.45) is 28.6 Å². The van der Waals surface area contributed by atoms with Gasteiger partial charge >= 0.3 is 13.9 Å². The Labute approximate surface area is 431 Å². The first-order valence-corrected chi connectivity index (χ1v) is 28.5. The molecule has 1 amide bonds. The van der Waals surface area contributed by atoms with E-state index in [-0.39, 0.29) is 35.1 Å². The molecule has 2 saturated heterocycles. The van der Waals surface area contributed by atoms with E-state index >= 15 is 0 Å². The molecule has 0 bridgehead atoms. The van der Waals surface area contributed by atoms with Crippen LogP contribution < -0.4 is 9.84 Å². The molecule has 73 heavy (non-hydrogen) atoms. The van der Waals surface area contributed by atoms with Crippen molar-refractivity contribution >= 4 is 25.5 Å². The number of benzene rings is 2. The van der Waals surface area contributed by atoms with Crippen LogP contribution in [0.4, 0.5) is 4.79 Å². The van der Waals surface area contributed by atoms with Gasteiger partial charge in [-0.15, -0.1) is 0 Å². The van der Waals surface area contributed by atoms with Gasteiger partial charge in [0.1, 0.15) is 12.3 Å². The number of hydrogen-bond donors (Lipinski definition) is 5. The molecule has 3 saturated carbocycles. The van der Waals surface area contributed by atoms with Crippen LogP contribution in [0.2, 0.25) is 0 Å². The molecule has 0 spiro atoms. The summed E-state index contributed by atoms with van der Waals surface area (Å²) >= 11 is 0. The fourth-order valence-electron chi connectivity index (χ4n) is 13.6. The number of aliphatic hydroxyl groups excluding tert-OH is 2. The fraction of sp³-hybridized carbons (Fsp3) is 0.661. The Kier molecular flexibility index (Phi) is 17.9. The number of rotatable bonds is 24. The van der Waals surface area contributed by atoms with Crippen LogP contribution in [0.5, 0.6) is 5.75 Å². The van der Waals surface area contributed by atoms with E-state index in [4.69, 9.17) is 23.5 Å². The van der Waals surface area contributed by atoms with Crippen molar-refractivity contribution in [1.29, 1.82) is 0 Å². The summed E-state index contributed by atoms with van der Waals surface area (Å²) in [6, 6.07) is 15.3. The zero-order valence-corrected chi connectivity index (χ0v) is 44.4. The highest BCUT2D eigenvalue weighted by molar-refractivity contribution is 7.46. The van der Waals surface area contributed by atoms with E-state index in [9.17, 15) is 38.9 Å². The standard InChI is InChI=1S/C56H80N3O13P/c1-5-15-51-70-50-34-45-44-21-20-42-33-43(60)23-24-54(42,2)52(44)46(61)35-55(45,3)56(50,71-51)49(63)38-69-53(64)58-26-28-59(4,29-27-58)37-41-32-40(19-22-48(41)72-73(65,66)67)47(62)36-57-25-12-6-7-13-30-68-31-14-11-18-39-16-9-8-10-17-39/h8-10,16-17,19,22-24,32-33,44-47,50-52,57,61-62H,5-7,11-15,18,20-21,25-31,34-38H2,1-4H3,(H-,65,66,67)/p+1/t44-,45-,46-,47?,50+,51?,52+,54-,55-,56+/m0/s1. The molecule has 8 rings (SSSR count). The van der Waals surface area contributed by atoms with Crippen LogP contribution in [0, 0.1) is 28.6 Å². The summed E-state index contributed by atoms with van der Waals surface area (Å²) in [6.45, 7) is 10.1. The number of ketones is 2. The third kappa shape index (κ3) is 12.4. The number of hydrogen-bond acceptors (Lipinski definition) is 12. The number of Topliss-reactive ketones (excluding diaryl/α,β-unsaturated/α-hetero) is 1. The van der Waals surface area contributed by atoms with Crippen LogP contribution in [0.25, 0.3) is 0 Å². The maximum Gasteiger partial charge on any atom is 0.524 e. The predicted octanol–water partition coefficient (Wildman–Crippen LogP) is 7.52. The van der Waals surface area contributed by atoms with Crippen molar-refractivity contribution in [3.05, 3.63) is 89.0 Å². The number of piperazine rings is 1. The maximum absolute atomic E-state index is 14.8. The van der Waals surface area contributed by atoms with Crippen molar-refractivity contribution in [2.45, 2.75) is 141 Å². The summed E-state index contributed by atoms with van der Waals surface area (Å²) in [5, 5.41) is 26.6. The lowest BCUT2D eigenvalue weighted by Crippen LogP contribution is -2.64. The summed E-state index contributed by atoms with van der Waals surface area (Å²) in [5.74, 6) is -0.456. The summed E-state index contributed by atoms with van der Waals surface area (Å²) in [6.07, 6.45) is 13.0. The maximum atomic E-state index is 14.8. The lowest BCUT2D eigenvalue weighted by Gasteiger charge is -2.59. The topological polar surface area (TPSA) is 211 Å². The van der Waals surface area contributed by atoms with Gasteiger partial charge < -0.3 is 43.5 Å². The molecule has 16 nitrogen and oxygen atoms in total. The first kappa shape index (κ1) is 55.4. The highest BCUT2D eigenvalue weighted by Crippen LogP contribution is 2.69. The molecule has 2 aliphatic heterocycles. The second kappa shape index (κ2) is 23.6. The summed E-state index contributed by atoms with van der Waals surface area (Å²) in [5.41, 5.74) is 0.829. The number of carbonyl (C=O) groups excluding carboxylic acids is 3. The number of aliphatic hydroxyl groups is 2. The molecule has 5 fully saturated rings. The molecule has 2 aromatic carbocycles. The number of aryl methyl sites for hydroxylation is 1. The van der Waals surface area contributed by atoms with Crippen molar-refractivity contribution in [3.63, 3.8) is 0 Å². The van der Waals surface area contributed by atoms with E-state index in [1.807, 2.05) is 33.0 Å². The van der Waals surface area contributed by atoms with Crippen LogP contribution in [0.1, 0.15) is 121 Å². The van der Waals surface area contributed by atoms with Gasteiger partial charge in [-0.2, -0.15) is 0 Å². The minimum atomic E-state index is -4.91. The Morgan fingerprint density at radius 2 is 1.75 bits per heavy atom. The monoisotopic (exact) mass is 1030 g/mol. The quantitative estimate of drug-likeness (QED) is 0.0392. The van der Waals surface area contributed by atoms with Gasteiger partial charge in [0.2, 0.25) is 5.78 Å². The molecule has 2 heterocycles. The van der Waals surface area contributed by atoms with Crippen LogP contribution in [-0.2, 0) is 46.1 Å². The Morgan fingerprint density at radius 3 is 2.49 bits per heavy atom. The molecule has 2 unspecified atom stereocenters. The Bertz CT molecular complexity index is 2350. The number of likely N-dealkylation sites (N-methyl/N-ethyl adjacent to an activating group) is 1. The van der Waals surface area contributed by atoms with Crippen molar-refractivity contribution < 1.29 is 66.9 Å². The summed E-state index contributed by atoms with van der Waals surface area (Å²) in [7, 11) is -2.91. The molecule has 5 N–H and O–H groups in total. The third-order valence-electron chi connectivity index (χ3n) is 17.4. The highest BCUT2D eigenvalue weighted by Gasteiger charge is 2.76. The smallest absolute Gasteiger partial charge is 0.441 e. The minimum absolute atomic E-state index is 0.00843. The zero-order chi connectivity index (χ0) is 52.0. The van der Waals surface area contributed by atoms with Gasteiger partial charge in [-0.3, -0.25) is 24.3 Å². The number of fused-ring (bicyclic) bond motifs is 7. The fourth-order valence-corrected chi connectivity index (χ4v) is 14.1. The SMILES string of the molecule is CCCC1O[C@@H]2C[C@H]3[C@@H]4CCC5=CC(=O)C=C[C@]5(C)[C@H]4[C@@H](O)C[C@]3(C)[C@]2(C(=O)COC(=O)N2CC[N+](C)(Cc3cc(C(O)CNCCCCCCOCCCCc4ccccc4)ccc3OP(=O)(O)O)CC2)O1. The van der Waals surface area contributed by atoms with Crippen LogP contribution in [0.3, 0.4) is 0 Å². The van der Waals surface area contributed by atoms with E-state index in [0.29, 0.717) is 74.1 Å². The molecule has 2 aromatic rings. The normalized spacial score (nSPS) is 30.7. The Hall–Kier alpha value is -3.80. The molecule has 4 aliphatic carbocycles. The minimum Gasteiger partial charge on any atom is -0.441 e. The Morgan fingerprint density at radius 1 is 1.01 bits per heavy atom. The van der Waals surface area contributed by atoms with Gasteiger partial charge in [0.15, 0.2) is 24.3 Å². The van der Waals surface area contributed by atoms with E-state index in [0.717, 1.165) is 89.5 Å². The number of carbonyl (C=O) groups is 3. The van der Waals surface area contributed by atoms with Gasteiger partial charge in [0.05, 0.1) is 51.5 Å². The number of phosphoric acid groups is 1. The molecule has 402 valence electrons.